The lowest BCUT2D eigenvalue weighted by Gasteiger charge is -2.16. The quantitative estimate of drug-likeness (QED) is 0.705. The summed E-state index contributed by atoms with van der Waals surface area (Å²) in [6, 6.07) is 17.8. The van der Waals surface area contributed by atoms with E-state index in [9.17, 15) is 9.59 Å². The highest BCUT2D eigenvalue weighted by Crippen LogP contribution is 2.16. The van der Waals surface area contributed by atoms with Gasteiger partial charge in [-0.25, -0.2) is 4.68 Å². The summed E-state index contributed by atoms with van der Waals surface area (Å²) in [5, 5.41) is 7.34. The summed E-state index contributed by atoms with van der Waals surface area (Å²) >= 11 is 0. The third kappa shape index (κ3) is 4.21. The van der Waals surface area contributed by atoms with Gasteiger partial charge in [0.1, 0.15) is 0 Å². The average Bonchev–Trinajstić information content (AvgIpc) is 3.32. The van der Waals surface area contributed by atoms with Gasteiger partial charge < -0.3 is 10.2 Å². The molecule has 3 aromatic rings. The van der Waals surface area contributed by atoms with E-state index in [1.165, 1.54) is 0 Å². The van der Waals surface area contributed by atoms with Gasteiger partial charge in [0, 0.05) is 26.1 Å². The van der Waals surface area contributed by atoms with Crippen LogP contribution in [0, 0.1) is 6.92 Å². The van der Waals surface area contributed by atoms with Gasteiger partial charge in [0.2, 0.25) is 5.91 Å². The lowest BCUT2D eigenvalue weighted by atomic mass is 10.1. The molecule has 0 radical (unpaired) electrons. The molecule has 1 saturated heterocycles. The van der Waals surface area contributed by atoms with Crippen LogP contribution in [-0.4, -0.2) is 33.0 Å². The Hall–Kier alpha value is -3.41. The first-order chi connectivity index (χ1) is 14.1. The maximum absolute atomic E-state index is 12.7. The van der Waals surface area contributed by atoms with Crippen molar-refractivity contribution in [3.63, 3.8) is 0 Å². The Morgan fingerprint density at radius 1 is 1.10 bits per heavy atom. The standard InChI is InChI=1S/C23H24N4O2/c1-17-21(15-25-27(17)20-9-3-2-4-10-20)23(29)24-14-18-7-5-8-19(13-18)16-26-12-6-11-22(26)28/h2-5,7-10,13,15H,6,11-12,14,16H2,1H3,(H,24,29). The van der Waals surface area contributed by atoms with Crippen molar-refractivity contribution < 1.29 is 9.59 Å². The number of nitrogens with one attached hydrogen (secondary N) is 1. The van der Waals surface area contributed by atoms with E-state index >= 15 is 0 Å². The number of benzene rings is 2. The SMILES string of the molecule is Cc1c(C(=O)NCc2cccc(CN3CCCC3=O)c2)cnn1-c1ccccc1. The molecule has 0 atom stereocenters. The van der Waals surface area contributed by atoms with Gasteiger partial charge >= 0.3 is 0 Å². The molecular formula is C23H24N4O2. The van der Waals surface area contributed by atoms with E-state index in [0.29, 0.717) is 25.1 Å². The lowest BCUT2D eigenvalue weighted by Crippen LogP contribution is -2.25. The summed E-state index contributed by atoms with van der Waals surface area (Å²) in [4.78, 5) is 26.4. The Labute approximate surface area is 170 Å². The molecule has 0 bridgehead atoms. The molecule has 6 nitrogen and oxygen atoms in total. The minimum atomic E-state index is -0.148. The van der Waals surface area contributed by atoms with Gasteiger partial charge in [-0.1, -0.05) is 42.5 Å². The average molecular weight is 388 g/mol. The van der Waals surface area contributed by atoms with Gasteiger partial charge in [-0.15, -0.1) is 0 Å². The molecule has 1 aromatic heterocycles. The summed E-state index contributed by atoms with van der Waals surface area (Å²) in [6.07, 6.45) is 3.18. The third-order valence-electron chi connectivity index (χ3n) is 5.24. The van der Waals surface area contributed by atoms with Crippen LogP contribution < -0.4 is 5.32 Å². The van der Waals surface area contributed by atoms with Crippen molar-refractivity contribution in [2.24, 2.45) is 0 Å². The van der Waals surface area contributed by atoms with Gasteiger partial charge in [-0.3, -0.25) is 9.59 Å². The molecule has 1 N–H and O–H groups in total. The number of aromatic nitrogens is 2. The number of hydrogen-bond acceptors (Lipinski definition) is 3. The number of carbonyl (C=O) groups excluding carboxylic acids is 2. The maximum atomic E-state index is 12.7. The Balaban J connectivity index is 1.41. The third-order valence-corrected chi connectivity index (χ3v) is 5.24. The second-order valence-electron chi connectivity index (χ2n) is 7.31. The van der Waals surface area contributed by atoms with Crippen molar-refractivity contribution in [3.8, 4) is 5.69 Å². The van der Waals surface area contributed by atoms with Crippen LogP contribution in [0.4, 0.5) is 0 Å². The molecule has 4 rings (SSSR count). The van der Waals surface area contributed by atoms with Crippen molar-refractivity contribution in [3.05, 3.63) is 83.2 Å². The zero-order chi connectivity index (χ0) is 20.2. The minimum absolute atomic E-state index is 0.148. The van der Waals surface area contributed by atoms with E-state index in [0.717, 1.165) is 35.5 Å². The topological polar surface area (TPSA) is 67.2 Å². The summed E-state index contributed by atoms with van der Waals surface area (Å²) in [6.45, 7) is 3.77. The lowest BCUT2D eigenvalue weighted by molar-refractivity contribution is -0.128. The molecular weight excluding hydrogens is 364 g/mol. The van der Waals surface area contributed by atoms with E-state index in [2.05, 4.69) is 10.4 Å². The number of rotatable bonds is 6. The van der Waals surface area contributed by atoms with E-state index < -0.39 is 0 Å². The molecule has 0 saturated carbocycles. The van der Waals surface area contributed by atoms with Gasteiger partial charge in [0.15, 0.2) is 0 Å². The molecule has 2 aromatic carbocycles. The fraction of sp³-hybridized carbons (Fsp3) is 0.261. The van der Waals surface area contributed by atoms with E-state index in [-0.39, 0.29) is 11.8 Å². The Bertz CT molecular complexity index is 1030. The normalized spacial score (nSPS) is 13.7. The molecule has 1 fully saturated rings. The monoisotopic (exact) mass is 388 g/mol. The zero-order valence-electron chi connectivity index (χ0n) is 16.5. The molecule has 0 spiro atoms. The van der Waals surface area contributed by atoms with Gasteiger partial charge in [-0.2, -0.15) is 5.10 Å². The number of likely N-dealkylation sites (tertiary alicyclic amines) is 1. The fourth-order valence-corrected chi connectivity index (χ4v) is 3.67. The molecule has 29 heavy (non-hydrogen) atoms. The van der Waals surface area contributed by atoms with E-state index in [4.69, 9.17) is 0 Å². The molecule has 6 heteroatoms. The van der Waals surface area contributed by atoms with E-state index in [1.54, 1.807) is 10.9 Å². The minimum Gasteiger partial charge on any atom is -0.348 e. The summed E-state index contributed by atoms with van der Waals surface area (Å²) in [5.41, 5.74) is 4.38. The van der Waals surface area contributed by atoms with Crippen molar-refractivity contribution in [2.45, 2.75) is 32.9 Å². The Morgan fingerprint density at radius 3 is 2.66 bits per heavy atom. The first-order valence-electron chi connectivity index (χ1n) is 9.85. The largest absolute Gasteiger partial charge is 0.348 e. The summed E-state index contributed by atoms with van der Waals surface area (Å²) in [5.74, 6) is 0.0689. The molecule has 0 aliphatic carbocycles. The second kappa shape index (κ2) is 8.31. The maximum Gasteiger partial charge on any atom is 0.255 e. The highest BCUT2D eigenvalue weighted by molar-refractivity contribution is 5.95. The summed E-state index contributed by atoms with van der Waals surface area (Å²) in [7, 11) is 0. The van der Waals surface area contributed by atoms with Crippen LogP contribution in [-0.2, 0) is 17.9 Å². The number of para-hydroxylation sites is 1. The Morgan fingerprint density at radius 2 is 1.90 bits per heavy atom. The van der Waals surface area contributed by atoms with Gasteiger partial charge in [-0.05, 0) is 36.6 Å². The van der Waals surface area contributed by atoms with Crippen molar-refractivity contribution in [2.75, 3.05) is 6.54 Å². The number of amides is 2. The van der Waals surface area contributed by atoms with E-state index in [1.807, 2.05) is 66.4 Å². The highest BCUT2D eigenvalue weighted by atomic mass is 16.2. The van der Waals surface area contributed by atoms with Crippen molar-refractivity contribution in [1.29, 1.82) is 0 Å². The van der Waals surface area contributed by atoms with Crippen molar-refractivity contribution in [1.82, 2.24) is 20.0 Å². The molecule has 0 unspecified atom stereocenters. The first-order valence-corrected chi connectivity index (χ1v) is 9.85. The van der Waals surface area contributed by atoms with Crippen LogP contribution in [0.1, 0.15) is 40.0 Å². The Kier molecular flexibility index (Phi) is 5.42. The second-order valence-corrected chi connectivity index (χ2v) is 7.31. The zero-order valence-corrected chi connectivity index (χ0v) is 16.5. The molecule has 2 amide bonds. The van der Waals surface area contributed by atoms with Gasteiger partial charge in [0.25, 0.3) is 5.91 Å². The number of hydrogen-bond donors (Lipinski definition) is 1. The molecule has 1 aliphatic rings. The van der Waals surface area contributed by atoms with Gasteiger partial charge in [0.05, 0.1) is 23.1 Å². The number of carbonyl (C=O) groups is 2. The van der Waals surface area contributed by atoms with Crippen LogP contribution in [0.3, 0.4) is 0 Å². The van der Waals surface area contributed by atoms with Crippen LogP contribution in [0.15, 0.2) is 60.8 Å². The number of nitrogens with zero attached hydrogens (tertiary/aromatic N) is 3. The predicted molar refractivity (Wildman–Crippen MR) is 111 cm³/mol. The van der Waals surface area contributed by atoms with Crippen LogP contribution in [0.2, 0.25) is 0 Å². The van der Waals surface area contributed by atoms with Crippen LogP contribution in [0.5, 0.6) is 0 Å². The van der Waals surface area contributed by atoms with Crippen LogP contribution in [0.25, 0.3) is 5.69 Å². The smallest absolute Gasteiger partial charge is 0.255 e. The first kappa shape index (κ1) is 18.9. The van der Waals surface area contributed by atoms with Crippen LogP contribution >= 0.6 is 0 Å². The molecule has 148 valence electrons. The predicted octanol–water partition coefficient (Wildman–Crippen LogP) is 3.23. The van der Waals surface area contributed by atoms with Crippen molar-refractivity contribution >= 4 is 11.8 Å². The summed E-state index contributed by atoms with van der Waals surface area (Å²) < 4.78 is 1.77. The molecule has 1 aliphatic heterocycles. The fourth-order valence-electron chi connectivity index (χ4n) is 3.67. The molecule has 2 heterocycles. The highest BCUT2D eigenvalue weighted by Gasteiger charge is 2.20.